The van der Waals surface area contributed by atoms with E-state index in [1.807, 2.05) is 0 Å². The average Bonchev–Trinajstić information content (AvgIpc) is 3.88. The van der Waals surface area contributed by atoms with Gasteiger partial charge in [-0.05, 0) is 142 Å². The van der Waals surface area contributed by atoms with Gasteiger partial charge in [-0.3, -0.25) is 0 Å². The molecule has 0 aromatic heterocycles. The summed E-state index contributed by atoms with van der Waals surface area (Å²) in [6.45, 7) is 17.7. The molecule has 0 saturated heterocycles. The molecule has 0 N–H and O–H groups in total. The van der Waals surface area contributed by atoms with Crippen LogP contribution in [-0.2, 0) is 17.1 Å². The fourth-order valence-corrected chi connectivity index (χ4v) is 15.4. The van der Waals surface area contributed by atoms with Crippen LogP contribution in [0.25, 0.3) is 0 Å². The maximum Gasteiger partial charge on any atom is 0.0493 e. The third kappa shape index (κ3) is 12.1. The molecule has 6 aromatic carbocycles. The molecule has 2 nitrogen and oxygen atoms in total. The van der Waals surface area contributed by atoms with Crippen molar-refractivity contribution in [1.29, 1.82) is 0 Å². The summed E-state index contributed by atoms with van der Waals surface area (Å²) in [5.74, 6) is 2.82. The summed E-state index contributed by atoms with van der Waals surface area (Å²) in [4.78, 5) is 4.68. The van der Waals surface area contributed by atoms with Crippen molar-refractivity contribution in [2.24, 2.45) is 0 Å². The van der Waals surface area contributed by atoms with E-state index >= 15 is 0 Å². The predicted octanol–water partition coefficient (Wildman–Crippen LogP) is 13.4. The standard InChI is InChI=1S/2C30H33NP.Fe/c2*1-21-15-22(2)18-26(17-21)32(27-19-23(3)16-24(4)20-27)29-14-10-13-28(29)30(31(5)6)25-11-8-7-9-12-25;/h2*7-20,30H,1-6H3;/t2*30-;/m00./s1. The van der Waals surface area contributed by atoms with Crippen LogP contribution in [0.15, 0.2) is 181 Å². The summed E-state index contributed by atoms with van der Waals surface area (Å²) in [7, 11) is 7.40. The second-order valence-electron chi connectivity index (χ2n) is 18.3. The summed E-state index contributed by atoms with van der Waals surface area (Å²) >= 11 is 0. The first kappa shape index (κ1) is 50.0. The Morgan fingerprint density at radius 1 is 0.354 bits per heavy atom. The minimum Gasteiger partial charge on any atom is -0.301 e. The molecule has 6 aromatic rings. The number of aryl methyl sites for hydroxylation is 8. The first-order valence-corrected chi connectivity index (χ1v) is 25.2. The first-order chi connectivity index (χ1) is 30.7. The Kier molecular flexibility index (Phi) is 17.2. The third-order valence-electron chi connectivity index (χ3n) is 11.8. The van der Waals surface area contributed by atoms with E-state index in [1.165, 1.54) is 99.3 Å². The van der Waals surface area contributed by atoms with Gasteiger partial charge in [0.2, 0.25) is 0 Å². The molecule has 0 unspecified atom stereocenters. The zero-order chi connectivity index (χ0) is 45.7. The topological polar surface area (TPSA) is 6.48 Å². The van der Waals surface area contributed by atoms with Crippen molar-refractivity contribution in [2.45, 2.75) is 67.5 Å². The van der Waals surface area contributed by atoms with E-state index in [2.05, 4.69) is 263 Å². The van der Waals surface area contributed by atoms with Crippen LogP contribution in [0.1, 0.15) is 67.7 Å². The van der Waals surface area contributed by atoms with Crippen molar-refractivity contribution in [2.75, 3.05) is 28.2 Å². The Bertz CT molecular complexity index is 2320. The van der Waals surface area contributed by atoms with E-state index in [-0.39, 0.29) is 29.2 Å². The summed E-state index contributed by atoms with van der Waals surface area (Å²) in [5.41, 5.74) is 13.3. The van der Waals surface area contributed by atoms with Gasteiger partial charge in [0, 0.05) is 41.0 Å². The SMILES string of the molecule is Cc1cc(C)cc(P(C2=CC=C[C]2[C@H](c2ccccc2)N(C)C)c2cc(C)cc(C)c2)c1.Cc1cc(C)cc(P(C2=CC=C[C]2[C@H](c2ccccc2)N(C)C)c2cc(C)cc(C)c2)c1.[Fe]. The molecule has 334 valence electrons. The van der Waals surface area contributed by atoms with E-state index < -0.39 is 15.8 Å². The Morgan fingerprint density at radius 3 is 0.831 bits per heavy atom. The van der Waals surface area contributed by atoms with Crippen LogP contribution in [0.2, 0.25) is 0 Å². The summed E-state index contributed by atoms with van der Waals surface area (Å²) in [5, 5.41) is 8.64. The normalized spacial score (nSPS) is 14.7. The molecule has 0 aliphatic heterocycles. The van der Waals surface area contributed by atoms with Crippen molar-refractivity contribution in [3.63, 3.8) is 0 Å². The molecule has 0 fully saturated rings. The Hall–Kier alpha value is -4.42. The smallest absolute Gasteiger partial charge is 0.0493 e. The van der Waals surface area contributed by atoms with Crippen LogP contribution in [0.4, 0.5) is 0 Å². The molecule has 2 aliphatic rings. The zero-order valence-corrected chi connectivity index (χ0v) is 43.4. The predicted molar refractivity (Wildman–Crippen MR) is 283 cm³/mol. The number of rotatable bonds is 12. The van der Waals surface area contributed by atoms with Crippen molar-refractivity contribution in [3.8, 4) is 0 Å². The van der Waals surface area contributed by atoms with Gasteiger partial charge in [-0.2, -0.15) is 0 Å². The minimum atomic E-state index is -0.669. The fourth-order valence-electron chi connectivity index (χ4n) is 9.67. The largest absolute Gasteiger partial charge is 0.301 e. The van der Waals surface area contributed by atoms with E-state index in [1.54, 1.807) is 0 Å². The quantitative estimate of drug-likeness (QED) is 0.0891. The zero-order valence-electron chi connectivity index (χ0n) is 40.5. The molecule has 0 bridgehead atoms. The van der Waals surface area contributed by atoms with Crippen molar-refractivity contribution in [3.05, 3.63) is 248 Å². The van der Waals surface area contributed by atoms with Gasteiger partial charge in [0.25, 0.3) is 0 Å². The van der Waals surface area contributed by atoms with Crippen LogP contribution in [0.3, 0.4) is 0 Å². The molecule has 65 heavy (non-hydrogen) atoms. The molecular weight excluding hydrogens is 866 g/mol. The van der Waals surface area contributed by atoms with E-state index in [0.717, 1.165) is 0 Å². The van der Waals surface area contributed by atoms with Crippen LogP contribution >= 0.6 is 15.8 Å². The minimum absolute atomic E-state index is 0. The molecule has 2 atom stereocenters. The van der Waals surface area contributed by atoms with Gasteiger partial charge in [-0.25, -0.2) is 0 Å². The number of hydrogen-bond donors (Lipinski definition) is 0. The van der Waals surface area contributed by atoms with Crippen LogP contribution in [0, 0.1) is 67.2 Å². The number of allylic oxidation sites excluding steroid dienone is 4. The second-order valence-corrected chi connectivity index (χ2v) is 22.7. The van der Waals surface area contributed by atoms with E-state index in [9.17, 15) is 0 Å². The maximum atomic E-state index is 2.39. The van der Waals surface area contributed by atoms with Crippen LogP contribution in [0.5, 0.6) is 0 Å². The molecule has 2 radical (unpaired) electrons. The van der Waals surface area contributed by atoms with Gasteiger partial charge in [-0.15, -0.1) is 0 Å². The van der Waals surface area contributed by atoms with Gasteiger partial charge in [0.1, 0.15) is 0 Å². The Morgan fingerprint density at radius 2 is 0.600 bits per heavy atom. The van der Waals surface area contributed by atoms with Gasteiger partial charge in [0.15, 0.2) is 0 Å². The maximum absolute atomic E-state index is 2.39. The Balaban J connectivity index is 0.000000212. The molecule has 0 amide bonds. The van der Waals surface area contributed by atoms with Crippen molar-refractivity contribution < 1.29 is 17.1 Å². The van der Waals surface area contributed by atoms with Crippen molar-refractivity contribution in [1.82, 2.24) is 9.80 Å². The summed E-state index contributed by atoms with van der Waals surface area (Å²) in [6.07, 6.45) is 13.8. The number of benzene rings is 6. The average molecular weight is 933 g/mol. The fraction of sp³-hybridized carbons (Fsp3) is 0.233. The molecule has 5 heteroatoms. The third-order valence-corrected chi connectivity index (χ3v) is 16.7. The summed E-state index contributed by atoms with van der Waals surface area (Å²) < 4.78 is 0. The van der Waals surface area contributed by atoms with E-state index in [0.29, 0.717) is 0 Å². The first-order valence-electron chi connectivity index (χ1n) is 22.5. The van der Waals surface area contributed by atoms with E-state index in [4.69, 9.17) is 0 Å². The number of hydrogen-bond acceptors (Lipinski definition) is 2. The van der Waals surface area contributed by atoms with Gasteiger partial charge in [-0.1, -0.05) is 214 Å². The number of nitrogens with zero attached hydrogens (tertiary/aromatic N) is 2. The van der Waals surface area contributed by atoms with Gasteiger partial charge < -0.3 is 9.80 Å². The monoisotopic (exact) mass is 932 g/mol. The Labute approximate surface area is 405 Å². The molecule has 0 spiro atoms. The molecule has 2 aliphatic carbocycles. The van der Waals surface area contributed by atoms with Gasteiger partial charge >= 0.3 is 0 Å². The molecular formula is C60H66FeN2P2. The van der Waals surface area contributed by atoms with Crippen LogP contribution in [-0.4, -0.2) is 38.0 Å². The molecule has 8 rings (SSSR count). The van der Waals surface area contributed by atoms with Crippen LogP contribution < -0.4 is 21.2 Å². The molecule has 0 saturated carbocycles. The van der Waals surface area contributed by atoms with Crippen molar-refractivity contribution >= 4 is 37.1 Å². The summed E-state index contributed by atoms with van der Waals surface area (Å²) in [6, 6.07) is 50.4. The molecule has 0 heterocycles. The second kappa shape index (κ2) is 22.4. The van der Waals surface area contributed by atoms with Gasteiger partial charge in [0.05, 0.1) is 0 Å².